The number of nitrogens with zero attached hydrogens (tertiary/aromatic N) is 1. The third-order valence-corrected chi connectivity index (χ3v) is 5.39. The van der Waals surface area contributed by atoms with Crippen molar-refractivity contribution in [1.29, 1.82) is 0 Å². The third kappa shape index (κ3) is 2.08. The number of hydrogen-bond acceptors (Lipinski definition) is 4. The molecule has 1 N–H and O–H groups in total. The van der Waals surface area contributed by atoms with E-state index in [4.69, 9.17) is 5.11 Å². The number of anilines is 2. The van der Waals surface area contributed by atoms with Crippen molar-refractivity contribution in [3.63, 3.8) is 0 Å². The second-order valence-electron chi connectivity index (χ2n) is 4.90. The lowest BCUT2D eigenvalue weighted by atomic mass is 10.1. The quantitative estimate of drug-likeness (QED) is 0.921. The first-order valence-electron chi connectivity index (χ1n) is 6.34. The van der Waals surface area contributed by atoms with Crippen molar-refractivity contribution < 1.29 is 18.3 Å². The van der Waals surface area contributed by atoms with Gasteiger partial charge in [-0.15, -0.1) is 0 Å². The number of carbonyl (C=O) groups is 1. The largest absolute Gasteiger partial charge is 0.481 e. The highest BCUT2D eigenvalue weighted by Gasteiger charge is 2.32. The van der Waals surface area contributed by atoms with Crippen molar-refractivity contribution in [2.75, 3.05) is 11.9 Å². The molecule has 0 unspecified atom stereocenters. The standard InChI is InChI=1S/C15H13NO4S/c1-16-11-4-2-3-5-13(11)21(19,20)14-7-6-10(8-12(14)16)9-15(17)18/h2-8H,9H2,1H3,(H,17,18). The van der Waals surface area contributed by atoms with E-state index in [1.165, 1.54) is 6.07 Å². The van der Waals surface area contributed by atoms with E-state index >= 15 is 0 Å². The van der Waals surface area contributed by atoms with E-state index in [0.29, 0.717) is 16.9 Å². The summed E-state index contributed by atoms with van der Waals surface area (Å²) in [5, 5.41) is 8.87. The number of hydrogen-bond donors (Lipinski definition) is 1. The minimum atomic E-state index is -3.57. The Morgan fingerprint density at radius 1 is 1.10 bits per heavy atom. The van der Waals surface area contributed by atoms with Crippen molar-refractivity contribution in [3.8, 4) is 0 Å². The Hall–Kier alpha value is -2.34. The summed E-state index contributed by atoms with van der Waals surface area (Å²) in [5.74, 6) is -0.948. The van der Waals surface area contributed by atoms with Gasteiger partial charge in [0.15, 0.2) is 0 Å². The summed E-state index contributed by atoms with van der Waals surface area (Å²) < 4.78 is 25.3. The van der Waals surface area contributed by atoms with Gasteiger partial charge in [-0.3, -0.25) is 4.79 Å². The molecule has 0 fully saturated rings. The zero-order chi connectivity index (χ0) is 15.2. The summed E-state index contributed by atoms with van der Waals surface area (Å²) in [4.78, 5) is 13.1. The molecule has 1 heterocycles. The van der Waals surface area contributed by atoms with Crippen LogP contribution in [0.2, 0.25) is 0 Å². The second-order valence-corrected chi connectivity index (χ2v) is 6.79. The molecule has 1 aliphatic rings. The van der Waals surface area contributed by atoms with Crippen LogP contribution in [0.15, 0.2) is 52.3 Å². The highest BCUT2D eigenvalue weighted by atomic mass is 32.2. The Labute approximate surface area is 122 Å². The van der Waals surface area contributed by atoms with Crippen molar-refractivity contribution in [1.82, 2.24) is 0 Å². The van der Waals surface area contributed by atoms with Crippen LogP contribution in [0, 0.1) is 0 Å². The van der Waals surface area contributed by atoms with E-state index < -0.39 is 15.8 Å². The fraction of sp³-hybridized carbons (Fsp3) is 0.133. The Bertz CT molecular complexity index is 843. The van der Waals surface area contributed by atoms with E-state index in [1.54, 1.807) is 48.3 Å². The Balaban J connectivity index is 2.23. The molecule has 21 heavy (non-hydrogen) atoms. The van der Waals surface area contributed by atoms with Crippen LogP contribution >= 0.6 is 0 Å². The van der Waals surface area contributed by atoms with Crippen molar-refractivity contribution in [3.05, 3.63) is 48.0 Å². The average molecular weight is 303 g/mol. The number of para-hydroxylation sites is 1. The molecule has 0 saturated heterocycles. The first kappa shape index (κ1) is 13.6. The van der Waals surface area contributed by atoms with Gasteiger partial charge < -0.3 is 10.0 Å². The maximum Gasteiger partial charge on any atom is 0.307 e. The van der Waals surface area contributed by atoms with Crippen LogP contribution in [0.25, 0.3) is 0 Å². The number of aliphatic carboxylic acids is 1. The Kier molecular flexibility index (Phi) is 2.98. The van der Waals surface area contributed by atoms with Crippen molar-refractivity contribution in [2.24, 2.45) is 0 Å². The van der Waals surface area contributed by atoms with Gasteiger partial charge in [-0.25, -0.2) is 8.42 Å². The molecule has 5 nitrogen and oxygen atoms in total. The molecule has 0 saturated carbocycles. The topological polar surface area (TPSA) is 74.7 Å². The van der Waals surface area contributed by atoms with Crippen molar-refractivity contribution in [2.45, 2.75) is 16.2 Å². The van der Waals surface area contributed by atoms with Gasteiger partial charge in [-0.05, 0) is 29.8 Å². The summed E-state index contributed by atoms with van der Waals surface area (Å²) >= 11 is 0. The van der Waals surface area contributed by atoms with Crippen LogP contribution in [-0.2, 0) is 21.1 Å². The average Bonchev–Trinajstić information content (AvgIpc) is 2.44. The predicted octanol–water partition coefficient (Wildman–Crippen LogP) is 2.23. The van der Waals surface area contributed by atoms with Crippen molar-refractivity contribution >= 4 is 27.2 Å². The lowest BCUT2D eigenvalue weighted by Gasteiger charge is -2.29. The SMILES string of the molecule is CN1c2ccccc2S(=O)(=O)c2ccc(CC(=O)O)cc21. The number of sulfone groups is 1. The van der Waals surface area contributed by atoms with Gasteiger partial charge in [0.1, 0.15) is 0 Å². The lowest BCUT2D eigenvalue weighted by molar-refractivity contribution is -0.136. The maximum atomic E-state index is 12.6. The first-order valence-corrected chi connectivity index (χ1v) is 7.82. The smallest absolute Gasteiger partial charge is 0.307 e. The van der Waals surface area contributed by atoms with E-state index in [1.807, 2.05) is 0 Å². The van der Waals surface area contributed by atoms with Crippen LogP contribution in [0.1, 0.15) is 5.56 Å². The van der Waals surface area contributed by atoms with Gasteiger partial charge in [-0.2, -0.15) is 0 Å². The van der Waals surface area contributed by atoms with Gasteiger partial charge in [0.05, 0.1) is 27.6 Å². The van der Waals surface area contributed by atoms with Crippen LogP contribution < -0.4 is 4.90 Å². The number of benzene rings is 2. The first-order chi connectivity index (χ1) is 9.91. The van der Waals surface area contributed by atoms with Crippen LogP contribution in [0.3, 0.4) is 0 Å². The maximum absolute atomic E-state index is 12.6. The molecule has 3 rings (SSSR count). The lowest BCUT2D eigenvalue weighted by Crippen LogP contribution is -2.22. The monoisotopic (exact) mass is 303 g/mol. The van der Waals surface area contributed by atoms with E-state index in [-0.39, 0.29) is 16.2 Å². The Morgan fingerprint density at radius 3 is 2.48 bits per heavy atom. The molecular weight excluding hydrogens is 290 g/mol. The fourth-order valence-electron chi connectivity index (χ4n) is 2.55. The van der Waals surface area contributed by atoms with Gasteiger partial charge in [0, 0.05) is 7.05 Å². The fourth-order valence-corrected chi connectivity index (χ4v) is 4.24. The van der Waals surface area contributed by atoms with Gasteiger partial charge >= 0.3 is 5.97 Å². The minimum Gasteiger partial charge on any atom is -0.481 e. The highest BCUT2D eigenvalue weighted by Crippen LogP contribution is 2.43. The van der Waals surface area contributed by atoms with Crippen LogP contribution in [0.4, 0.5) is 11.4 Å². The molecule has 1 aliphatic heterocycles. The molecule has 2 aromatic rings. The molecule has 0 atom stereocenters. The molecule has 0 aliphatic carbocycles. The van der Waals surface area contributed by atoms with Crippen LogP contribution in [-0.4, -0.2) is 26.5 Å². The molecule has 0 radical (unpaired) electrons. The molecule has 0 aromatic heterocycles. The molecule has 0 spiro atoms. The summed E-state index contributed by atoms with van der Waals surface area (Å²) in [6.45, 7) is 0. The van der Waals surface area contributed by atoms with Crippen LogP contribution in [0.5, 0.6) is 0 Å². The molecule has 108 valence electrons. The molecule has 2 aromatic carbocycles. The normalized spacial score (nSPS) is 15.2. The summed E-state index contributed by atoms with van der Waals surface area (Å²) in [6, 6.07) is 11.4. The zero-order valence-corrected chi connectivity index (χ0v) is 12.1. The van der Waals surface area contributed by atoms with Gasteiger partial charge in [0.2, 0.25) is 9.84 Å². The highest BCUT2D eigenvalue weighted by molar-refractivity contribution is 7.92. The number of rotatable bonds is 2. The molecule has 0 bridgehead atoms. The number of carboxylic acid groups (broad SMARTS) is 1. The summed E-state index contributed by atoms with van der Waals surface area (Å²) in [5.41, 5.74) is 1.67. The summed E-state index contributed by atoms with van der Waals surface area (Å²) in [6.07, 6.45) is -0.136. The molecule has 6 heteroatoms. The molecule has 0 amide bonds. The zero-order valence-electron chi connectivity index (χ0n) is 11.3. The third-order valence-electron chi connectivity index (χ3n) is 3.55. The predicted molar refractivity (Wildman–Crippen MR) is 77.7 cm³/mol. The van der Waals surface area contributed by atoms with E-state index in [0.717, 1.165) is 0 Å². The number of fused-ring (bicyclic) bond motifs is 2. The van der Waals surface area contributed by atoms with E-state index in [2.05, 4.69) is 0 Å². The van der Waals surface area contributed by atoms with Gasteiger partial charge in [-0.1, -0.05) is 18.2 Å². The van der Waals surface area contributed by atoms with E-state index in [9.17, 15) is 13.2 Å². The number of carboxylic acids is 1. The van der Waals surface area contributed by atoms with Gasteiger partial charge in [0.25, 0.3) is 0 Å². The second kappa shape index (κ2) is 4.60. The molecular formula is C15H13NO4S. The minimum absolute atomic E-state index is 0.136. The Morgan fingerprint density at radius 2 is 1.76 bits per heavy atom. The summed E-state index contributed by atoms with van der Waals surface area (Å²) in [7, 11) is -1.79.